The minimum Gasteiger partial charge on any atom is -0.369 e. The molecule has 5 nitrogen and oxygen atoms in total. The van der Waals surface area contributed by atoms with Crippen molar-refractivity contribution in [2.45, 2.75) is 34.6 Å². The van der Waals surface area contributed by atoms with Crippen LogP contribution < -0.4 is 11.5 Å². The first-order valence-electron chi connectivity index (χ1n) is 5.95. The van der Waals surface area contributed by atoms with Crippen LogP contribution in [0.25, 0.3) is 0 Å². The quantitative estimate of drug-likeness (QED) is 0.479. The molecule has 0 aliphatic heterocycles. The van der Waals surface area contributed by atoms with Gasteiger partial charge in [0.25, 0.3) is 0 Å². The van der Waals surface area contributed by atoms with Gasteiger partial charge in [0.1, 0.15) is 6.07 Å². The molecule has 0 radical (unpaired) electrons. The van der Waals surface area contributed by atoms with Gasteiger partial charge in [-0.1, -0.05) is 0 Å². The van der Waals surface area contributed by atoms with Crippen LogP contribution in [0.15, 0.2) is 10.2 Å². The Morgan fingerprint density at radius 1 is 0.842 bits per heavy atom. The molecule has 0 heterocycles. The minimum atomic E-state index is -0.163. The molecule has 0 saturated carbocycles. The molecule has 0 aromatic heterocycles. The fraction of sp³-hybridized carbons (Fsp3) is 0.357. The molecule has 19 heavy (non-hydrogen) atoms. The molecule has 0 amide bonds. The number of benzene rings is 1. The summed E-state index contributed by atoms with van der Waals surface area (Å²) in [6.07, 6.45) is 0. The third-order valence-corrected chi connectivity index (χ3v) is 3.61. The molecule has 1 aromatic carbocycles. The van der Waals surface area contributed by atoms with Gasteiger partial charge in [0.05, 0.1) is 0 Å². The number of nitriles is 1. The highest BCUT2D eigenvalue weighted by atomic mass is 15.3. The lowest BCUT2D eigenvalue weighted by molar-refractivity contribution is 1.15. The summed E-state index contributed by atoms with van der Waals surface area (Å²) < 4.78 is 0. The van der Waals surface area contributed by atoms with Crippen molar-refractivity contribution in [3.63, 3.8) is 0 Å². The van der Waals surface area contributed by atoms with Crippen molar-refractivity contribution >= 4 is 11.7 Å². The summed E-state index contributed by atoms with van der Waals surface area (Å²) in [6, 6.07) is 2.06. The number of guanidine groups is 1. The van der Waals surface area contributed by atoms with Gasteiger partial charge in [-0.25, -0.2) is 0 Å². The van der Waals surface area contributed by atoms with Crippen LogP contribution in [0.3, 0.4) is 0 Å². The maximum absolute atomic E-state index is 9.26. The minimum absolute atomic E-state index is 0.163. The van der Waals surface area contributed by atoms with E-state index in [-0.39, 0.29) is 11.7 Å². The monoisotopic (exact) mass is 257 g/mol. The van der Waals surface area contributed by atoms with E-state index in [9.17, 15) is 5.26 Å². The van der Waals surface area contributed by atoms with E-state index in [0.29, 0.717) is 0 Å². The highest BCUT2D eigenvalue weighted by Gasteiger charge is 2.16. The number of nitrogens with zero attached hydrogens (tertiary/aromatic N) is 3. The lowest BCUT2D eigenvalue weighted by Crippen LogP contribution is -2.22. The topological polar surface area (TPSA) is 101 Å². The maximum atomic E-state index is 9.26. The van der Waals surface area contributed by atoms with Crippen molar-refractivity contribution in [1.82, 2.24) is 0 Å². The largest absolute Gasteiger partial charge is 0.369 e. The summed E-state index contributed by atoms with van der Waals surface area (Å²) in [7, 11) is 0. The van der Waals surface area contributed by atoms with Crippen LogP contribution in [-0.4, -0.2) is 11.7 Å². The summed E-state index contributed by atoms with van der Waals surface area (Å²) in [5, 5.41) is 16.7. The van der Waals surface area contributed by atoms with Gasteiger partial charge in [-0.05, 0) is 62.4 Å². The zero-order chi connectivity index (χ0) is 14.7. The Balaban J connectivity index is 3.64. The summed E-state index contributed by atoms with van der Waals surface area (Å²) in [6.45, 7) is 10.1. The standard InChI is InChI=1S/C14H19N5/c1-7-8(2)10(4)13(11(5)9(7)3)12(6-15)18-19-14(16)17/h1-5H3,(H4,16,17,19). The highest BCUT2D eigenvalue weighted by Crippen LogP contribution is 2.26. The van der Waals surface area contributed by atoms with Gasteiger partial charge in [-0.15, -0.1) is 10.2 Å². The van der Waals surface area contributed by atoms with Crippen LogP contribution in [0.4, 0.5) is 0 Å². The molecule has 5 heteroatoms. The van der Waals surface area contributed by atoms with E-state index in [0.717, 1.165) is 27.8 Å². The summed E-state index contributed by atoms with van der Waals surface area (Å²) >= 11 is 0. The summed E-state index contributed by atoms with van der Waals surface area (Å²) in [4.78, 5) is 0. The lowest BCUT2D eigenvalue weighted by Gasteiger charge is -2.17. The summed E-state index contributed by atoms with van der Waals surface area (Å²) in [5.41, 5.74) is 17.2. The van der Waals surface area contributed by atoms with Crippen molar-refractivity contribution in [1.29, 1.82) is 5.26 Å². The zero-order valence-electron chi connectivity index (χ0n) is 12.0. The molecular formula is C14H19N5. The van der Waals surface area contributed by atoms with E-state index < -0.39 is 0 Å². The van der Waals surface area contributed by atoms with Crippen molar-refractivity contribution in [3.05, 3.63) is 33.4 Å². The maximum Gasteiger partial charge on any atom is 0.211 e. The Morgan fingerprint density at radius 3 is 1.63 bits per heavy atom. The first-order chi connectivity index (χ1) is 8.81. The number of hydrogen-bond acceptors (Lipinski definition) is 3. The zero-order valence-corrected chi connectivity index (χ0v) is 12.0. The van der Waals surface area contributed by atoms with Gasteiger partial charge >= 0.3 is 0 Å². The van der Waals surface area contributed by atoms with E-state index in [1.54, 1.807) is 0 Å². The molecule has 0 bridgehead atoms. The Morgan fingerprint density at radius 2 is 1.26 bits per heavy atom. The molecule has 4 N–H and O–H groups in total. The Kier molecular flexibility index (Phi) is 4.28. The highest BCUT2D eigenvalue weighted by molar-refractivity contribution is 6.13. The second kappa shape index (κ2) is 5.53. The van der Waals surface area contributed by atoms with Crippen LogP contribution in [0, 0.1) is 45.9 Å². The predicted octanol–water partition coefficient (Wildman–Crippen LogP) is 1.73. The average molecular weight is 257 g/mol. The van der Waals surface area contributed by atoms with Gasteiger partial charge in [-0.2, -0.15) is 5.26 Å². The predicted molar refractivity (Wildman–Crippen MR) is 78.1 cm³/mol. The molecule has 100 valence electrons. The molecular weight excluding hydrogens is 238 g/mol. The molecule has 0 unspecified atom stereocenters. The molecule has 0 fully saturated rings. The Hall–Kier alpha value is -2.35. The van der Waals surface area contributed by atoms with Gasteiger partial charge in [0, 0.05) is 5.56 Å². The molecule has 1 aromatic rings. The van der Waals surface area contributed by atoms with Crippen LogP contribution >= 0.6 is 0 Å². The van der Waals surface area contributed by atoms with Crippen LogP contribution in [-0.2, 0) is 0 Å². The van der Waals surface area contributed by atoms with Crippen molar-refractivity contribution < 1.29 is 0 Å². The second-order valence-corrected chi connectivity index (χ2v) is 4.59. The van der Waals surface area contributed by atoms with E-state index in [1.165, 1.54) is 5.56 Å². The van der Waals surface area contributed by atoms with Crippen LogP contribution in [0.2, 0.25) is 0 Å². The number of hydrogen-bond donors (Lipinski definition) is 2. The fourth-order valence-electron chi connectivity index (χ4n) is 2.09. The third-order valence-electron chi connectivity index (χ3n) is 3.61. The van der Waals surface area contributed by atoms with E-state index in [2.05, 4.69) is 23.2 Å². The Labute approximate surface area is 113 Å². The summed E-state index contributed by atoms with van der Waals surface area (Å²) in [5.74, 6) is -0.163. The van der Waals surface area contributed by atoms with Crippen molar-refractivity contribution in [3.8, 4) is 6.07 Å². The van der Waals surface area contributed by atoms with Crippen LogP contribution in [0.5, 0.6) is 0 Å². The molecule has 1 rings (SSSR count). The van der Waals surface area contributed by atoms with Gasteiger partial charge in [0.15, 0.2) is 5.71 Å². The average Bonchev–Trinajstić information content (AvgIpc) is 2.37. The first kappa shape index (κ1) is 14.7. The fourth-order valence-corrected chi connectivity index (χ4v) is 2.09. The first-order valence-corrected chi connectivity index (χ1v) is 5.95. The van der Waals surface area contributed by atoms with E-state index in [4.69, 9.17) is 11.5 Å². The molecule has 0 atom stereocenters. The number of rotatable bonds is 2. The molecule has 0 aliphatic carbocycles. The Bertz CT molecular complexity index is 585. The second-order valence-electron chi connectivity index (χ2n) is 4.59. The van der Waals surface area contributed by atoms with E-state index in [1.807, 2.05) is 27.7 Å². The van der Waals surface area contributed by atoms with Crippen molar-refractivity contribution in [2.75, 3.05) is 0 Å². The van der Waals surface area contributed by atoms with Crippen LogP contribution in [0.1, 0.15) is 33.4 Å². The SMILES string of the molecule is Cc1c(C)c(C)c(C(C#N)=NN=C(N)N)c(C)c1C. The van der Waals surface area contributed by atoms with Gasteiger partial charge < -0.3 is 11.5 Å². The van der Waals surface area contributed by atoms with Crippen molar-refractivity contribution in [2.24, 2.45) is 21.7 Å². The molecule has 0 aliphatic rings. The van der Waals surface area contributed by atoms with Gasteiger partial charge in [0.2, 0.25) is 5.96 Å². The lowest BCUT2D eigenvalue weighted by atomic mass is 9.88. The smallest absolute Gasteiger partial charge is 0.211 e. The number of nitrogens with two attached hydrogens (primary N) is 2. The molecule has 0 saturated heterocycles. The molecule has 0 spiro atoms. The van der Waals surface area contributed by atoms with E-state index >= 15 is 0 Å². The normalized spacial score (nSPS) is 11.1. The van der Waals surface area contributed by atoms with Gasteiger partial charge in [-0.3, -0.25) is 0 Å². The third kappa shape index (κ3) is 2.74.